The maximum absolute atomic E-state index is 12.6. The summed E-state index contributed by atoms with van der Waals surface area (Å²) in [5.74, 6) is 2.09. The molecule has 0 bridgehead atoms. The van der Waals surface area contributed by atoms with E-state index in [1.165, 1.54) is 6.92 Å². The maximum atomic E-state index is 12.6. The molecule has 0 aromatic carbocycles. The van der Waals surface area contributed by atoms with Crippen LogP contribution in [0.1, 0.15) is 105 Å². The van der Waals surface area contributed by atoms with Crippen LogP contribution in [0.2, 0.25) is 0 Å². The second-order valence-corrected chi connectivity index (χ2v) is 14.7. The lowest BCUT2D eigenvalue weighted by Gasteiger charge is -2.63. The van der Waals surface area contributed by atoms with Gasteiger partial charge in [0.2, 0.25) is 11.8 Å². The Morgan fingerprint density at radius 3 is 2.22 bits per heavy atom. The van der Waals surface area contributed by atoms with Crippen LogP contribution in [0.15, 0.2) is 0 Å². The molecule has 4 saturated carbocycles. The summed E-state index contributed by atoms with van der Waals surface area (Å²) in [6, 6.07) is 0. The largest absolute Gasteiger partial charge is 0.393 e. The molecule has 4 fully saturated rings. The van der Waals surface area contributed by atoms with Gasteiger partial charge < -0.3 is 31.3 Å². The zero-order chi connectivity index (χ0) is 29.8. The number of amides is 2. The Morgan fingerprint density at radius 1 is 0.805 bits per heavy atom. The van der Waals surface area contributed by atoms with E-state index >= 15 is 0 Å². The minimum atomic E-state index is -0.746. The van der Waals surface area contributed by atoms with Crippen molar-refractivity contribution in [1.82, 2.24) is 16.0 Å². The van der Waals surface area contributed by atoms with Crippen molar-refractivity contribution in [3.8, 4) is 0 Å². The number of rotatable bonds is 13. The van der Waals surface area contributed by atoms with Crippen LogP contribution in [0.5, 0.6) is 0 Å². The Hall–Kier alpha value is -1.22. The van der Waals surface area contributed by atoms with E-state index in [1.807, 2.05) is 0 Å². The van der Waals surface area contributed by atoms with Crippen LogP contribution in [-0.4, -0.2) is 71.6 Å². The first-order valence-electron chi connectivity index (χ1n) is 16.7. The number of carbonyl (C=O) groups excluding carboxylic acids is 2. The number of nitrogens with one attached hydrogen (secondary N) is 3. The van der Waals surface area contributed by atoms with Crippen LogP contribution < -0.4 is 16.0 Å². The van der Waals surface area contributed by atoms with E-state index in [9.17, 15) is 24.9 Å². The van der Waals surface area contributed by atoms with Gasteiger partial charge in [0, 0.05) is 26.4 Å². The van der Waals surface area contributed by atoms with Gasteiger partial charge in [-0.15, -0.1) is 0 Å². The smallest absolute Gasteiger partial charge is 0.220 e. The number of aliphatic hydroxyl groups is 3. The molecule has 0 radical (unpaired) electrons. The van der Waals surface area contributed by atoms with Crippen LogP contribution in [-0.2, 0) is 9.59 Å². The monoisotopic (exact) mass is 577 g/mol. The lowest BCUT2D eigenvalue weighted by Crippen LogP contribution is -2.64. The standard InChI is InChI=1S/C33H59N3O5/c1-21(8-11-28(39)36-19-7-17-34-16-5-6-18-35-22(2)37)24-9-10-25-29-26(13-15-32(24,25)3)33(4)14-12-23(38)20-27(33)30(40)31(29)41/h21,23-27,29-31,34,38,40-41H,5-20H2,1-4H3,(H,35,37)(H,36,39)/t21-,23-,24-,25+,26+,27+,29+,30-,31+,32-,33-/m1/s1. The minimum absolute atomic E-state index is 0.00502. The summed E-state index contributed by atoms with van der Waals surface area (Å²) >= 11 is 0. The van der Waals surface area contributed by atoms with Crippen LogP contribution in [0.25, 0.3) is 0 Å². The molecule has 0 heterocycles. The number of fused-ring (bicyclic) bond motifs is 5. The fourth-order valence-corrected chi connectivity index (χ4v) is 10.1. The highest BCUT2D eigenvalue weighted by Crippen LogP contribution is 2.68. The number of hydrogen-bond acceptors (Lipinski definition) is 6. The molecule has 41 heavy (non-hydrogen) atoms. The van der Waals surface area contributed by atoms with E-state index in [0.29, 0.717) is 43.1 Å². The summed E-state index contributed by atoms with van der Waals surface area (Å²) in [5, 5.41) is 42.4. The molecule has 4 aliphatic rings. The molecule has 6 N–H and O–H groups in total. The Balaban J connectivity index is 1.20. The normalized spacial score (nSPS) is 40.7. The number of hydrogen-bond donors (Lipinski definition) is 6. The third-order valence-corrected chi connectivity index (χ3v) is 12.3. The van der Waals surface area contributed by atoms with E-state index in [2.05, 4.69) is 36.7 Å². The first-order valence-corrected chi connectivity index (χ1v) is 16.7. The molecule has 236 valence electrons. The Morgan fingerprint density at radius 2 is 1.46 bits per heavy atom. The Labute approximate surface area is 248 Å². The van der Waals surface area contributed by atoms with Gasteiger partial charge in [-0.3, -0.25) is 9.59 Å². The summed E-state index contributed by atoms with van der Waals surface area (Å²) in [4.78, 5) is 23.5. The van der Waals surface area contributed by atoms with Crippen molar-refractivity contribution in [3.63, 3.8) is 0 Å². The van der Waals surface area contributed by atoms with E-state index in [-0.39, 0.29) is 40.6 Å². The highest BCUT2D eigenvalue weighted by molar-refractivity contribution is 5.75. The van der Waals surface area contributed by atoms with Gasteiger partial charge in [0.1, 0.15) is 0 Å². The maximum Gasteiger partial charge on any atom is 0.220 e. The average Bonchev–Trinajstić information content (AvgIpc) is 3.29. The molecule has 0 aromatic rings. The van der Waals surface area contributed by atoms with E-state index in [1.54, 1.807) is 0 Å². The van der Waals surface area contributed by atoms with E-state index < -0.39 is 12.2 Å². The molecular weight excluding hydrogens is 518 g/mol. The third-order valence-electron chi connectivity index (χ3n) is 12.3. The van der Waals surface area contributed by atoms with Crippen LogP contribution in [0, 0.1) is 46.3 Å². The van der Waals surface area contributed by atoms with Gasteiger partial charge in [0.15, 0.2) is 0 Å². The van der Waals surface area contributed by atoms with Gasteiger partial charge in [-0.1, -0.05) is 20.8 Å². The molecule has 0 aromatic heterocycles. The molecule has 0 aliphatic heterocycles. The molecule has 8 heteroatoms. The van der Waals surface area contributed by atoms with Gasteiger partial charge in [0.25, 0.3) is 0 Å². The van der Waals surface area contributed by atoms with Gasteiger partial charge in [-0.25, -0.2) is 0 Å². The van der Waals surface area contributed by atoms with Crippen molar-refractivity contribution >= 4 is 11.8 Å². The van der Waals surface area contributed by atoms with Crippen molar-refractivity contribution in [2.45, 2.75) is 123 Å². The number of carbonyl (C=O) groups is 2. The Kier molecular flexibility index (Phi) is 11.2. The molecule has 8 nitrogen and oxygen atoms in total. The topological polar surface area (TPSA) is 131 Å². The van der Waals surface area contributed by atoms with Crippen molar-refractivity contribution in [2.75, 3.05) is 26.2 Å². The van der Waals surface area contributed by atoms with Gasteiger partial charge in [-0.2, -0.15) is 0 Å². The second kappa shape index (κ2) is 14.0. The molecule has 0 unspecified atom stereocenters. The van der Waals surface area contributed by atoms with E-state index in [0.717, 1.165) is 83.8 Å². The summed E-state index contributed by atoms with van der Waals surface area (Å²) < 4.78 is 0. The molecule has 4 rings (SSSR count). The quantitative estimate of drug-likeness (QED) is 0.186. The molecule has 4 aliphatic carbocycles. The van der Waals surface area contributed by atoms with Crippen LogP contribution >= 0.6 is 0 Å². The van der Waals surface area contributed by atoms with Gasteiger partial charge >= 0.3 is 0 Å². The Bertz CT molecular complexity index is 887. The predicted octanol–water partition coefficient (Wildman–Crippen LogP) is 3.38. The first-order chi connectivity index (χ1) is 19.5. The average molecular weight is 578 g/mol. The molecule has 0 saturated heterocycles. The lowest BCUT2D eigenvalue weighted by molar-refractivity contribution is -0.223. The molecule has 0 spiro atoms. The minimum Gasteiger partial charge on any atom is -0.393 e. The fraction of sp³-hybridized carbons (Fsp3) is 0.939. The molecule has 11 atom stereocenters. The molecule has 2 amide bonds. The highest BCUT2D eigenvalue weighted by Gasteiger charge is 2.65. The van der Waals surface area contributed by atoms with Crippen molar-refractivity contribution in [1.29, 1.82) is 0 Å². The van der Waals surface area contributed by atoms with Crippen molar-refractivity contribution < 1.29 is 24.9 Å². The van der Waals surface area contributed by atoms with Crippen LogP contribution in [0.4, 0.5) is 0 Å². The SMILES string of the molecule is CC(=O)NCCCCNCCCNC(=O)CC[C@@H](C)[C@H]1CC[C@H]2[C@@H]3[C@H](O)[C@H](O)[C@@H]4C[C@H](O)CC[C@]4(C)[C@H]3CC[C@]12C. The van der Waals surface area contributed by atoms with Crippen LogP contribution in [0.3, 0.4) is 0 Å². The van der Waals surface area contributed by atoms with Gasteiger partial charge in [-0.05, 0) is 130 Å². The third kappa shape index (κ3) is 7.13. The summed E-state index contributed by atoms with van der Waals surface area (Å²) in [5.41, 5.74) is 0.137. The zero-order valence-electron chi connectivity index (χ0n) is 26.2. The van der Waals surface area contributed by atoms with E-state index in [4.69, 9.17) is 0 Å². The first kappa shape index (κ1) is 32.7. The fourth-order valence-electron chi connectivity index (χ4n) is 10.1. The second-order valence-electron chi connectivity index (χ2n) is 14.7. The van der Waals surface area contributed by atoms with Crippen molar-refractivity contribution in [3.05, 3.63) is 0 Å². The number of aliphatic hydroxyl groups excluding tert-OH is 3. The summed E-state index contributed by atoms with van der Waals surface area (Å²) in [6.45, 7) is 11.8. The highest BCUT2D eigenvalue weighted by atomic mass is 16.3. The lowest BCUT2D eigenvalue weighted by atomic mass is 9.43. The molecular formula is C33H59N3O5. The van der Waals surface area contributed by atoms with Crippen molar-refractivity contribution in [2.24, 2.45) is 46.3 Å². The van der Waals surface area contributed by atoms with Gasteiger partial charge in [0.05, 0.1) is 18.3 Å². The predicted molar refractivity (Wildman–Crippen MR) is 161 cm³/mol. The summed E-state index contributed by atoms with van der Waals surface area (Å²) in [6.07, 6.45) is 9.41. The number of unbranched alkanes of at least 4 members (excludes halogenated alkanes) is 1. The zero-order valence-corrected chi connectivity index (χ0v) is 26.2. The summed E-state index contributed by atoms with van der Waals surface area (Å²) in [7, 11) is 0.